The first-order valence-electron chi connectivity index (χ1n) is 18.8. The fourth-order valence-corrected chi connectivity index (χ4v) is 12.7. The third-order valence-electron chi connectivity index (χ3n) is 14.0. The minimum absolute atomic E-state index is 0.0800. The van der Waals surface area contributed by atoms with E-state index >= 15 is 0 Å². The van der Waals surface area contributed by atoms with Crippen molar-refractivity contribution in [2.45, 2.75) is 37.5 Å². The zero-order chi connectivity index (χ0) is 32.3. The highest BCUT2D eigenvalue weighted by molar-refractivity contribution is 6.29. The maximum Gasteiger partial charge on any atom is 0.0549 e. The third kappa shape index (κ3) is 2.98. The Balaban J connectivity index is 1.20. The molecule has 7 aromatic carbocycles. The van der Waals surface area contributed by atoms with Gasteiger partial charge < -0.3 is 9.13 Å². The van der Waals surface area contributed by atoms with Gasteiger partial charge in [-0.3, -0.25) is 0 Å². The fraction of sp³-hybridized carbons (Fsp3) is 0.208. The van der Waals surface area contributed by atoms with Crippen LogP contribution in [0.5, 0.6) is 0 Å². The van der Waals surface area contributed by atoms with E-state index in [1.54, 1.807) is 16.5 Å². The fourth-order valence-electron chi connectivity index (χ4n) is 12.7. The zero-order valence-electron chi connectivity index (χ0n) is 27.9. The number of rotatable bonds is 2. The Morgan fingerprint density at radius 3 is 1.70 bits per heavy atom. The summed E-state index contributed by atoms with van der Waals surface area (Å²) < 4.78 is 5.15. The van der Waals surface area contributed by atoms with Crippen LogP contribution in [0, 0.1) is 23.7 Å². The van der Waals surface area contributed by atoms with Gasteiger partial charge in [0.05, 0.1) is 27.8 Å². The number of fused-ring (bicyclic) bond motifs is 7. The summed E-state index contributed by atoms with van der Waals surface area (Å²) in [5, 5.41) is 11.3. The largest absolute Gasteiger partial charge is 0.309 e. The number of hydrogen-bond donors (Lipinski definition) is 0. The molecule has 2 heterocycles. The van der Waals surface area contributed by atoms with Crippen molar-refractivity contribution in [2.75, 3.05) is 0 Å². The van der Waals surface area contributed by atoms with Gasteiger partial charge in [0, 0.05) is 32.6 Å². The molecule has 0 N–H and O–H groups in total. The van der Waals surface area contributed by atoms with Gasteiger partial charge >= 0.3 is 0 Å². The van der Waals surface area contributed by atoms with E-state index < -0.39 is 0 Å². The highest BCUT2D eigenvalue weighted by Crippen LogP contribution is 2.70. The van der Waals surface area contributed by atoms with Crippen molar-refractivity contribution in [2.24, 2.45) is 23.7 Å². The van der Waals surface area contributed by atoms with E-state index in [1.165, 1.54) is 103 Å². The molecule has 4 bridgehead atoms. The average molecular weight is 641 g/mol. The smallest absolute Gasteiger partial charge is 0.0549 e. The van der Waals surface area contributed by atoms with Crippen LogP contribution in [0.4, 0.5) is 0 Å². The Morgan fingerprint density at radius 2 is 1.00 bits per heavy atom. The molecule has 50 heavy (non-hydrogen) atoms. The van der Waals surface area contributed by atoms with Crippen LogP contribution < -0.4 is 0 Å². The molecule has 5 aliphatic rings. The second-order valence-corrected chi connectivity index (χ2v) is 16.1. The van der Waals surface area contributed by atoms with E-state index in [2.05, 4.69) is 143 Å². The Bertz CT molecular complexity index is 2910. The predicted molar refractivity (Wildman–Crippen MR) is 208 cm³/mol. The maximum absolute atomic E-state index is 2.69. The van der Waals surface area contributed by atoms with Gasteiger partial charge in [0.1, 0.15) is 0 Å². The topological polar surface area (TPSA) is 9.86 Å². The average Bonchev–Trinajstić information content (AvgIpc) is 3.78. The van der Waals surface area contributed by atoms with Crippen LogP contribution in [0.25, 0.3) is 76.5 Å². The van der Waals surface area contributed by atoms with Crippen molar-refractivity contribution in [3.63, 3.8) is 0 Å². The molecule has 0 atom stereocenters. The van der Waals surface area contributed by atoms with Gasteiger partial charge in [0.25, 0.3) is 0 Å². The number of nitrogens with zero attached hydrogens (tertiary/aromatic N) is 2. The summed E-state index contributed by atoms with van der Waals surface area (Å²) in [6.07, 6.45) is 7.02. The SMILES string of the molecule is c1ccc(-n2c3ccccc3c3c4c5ccccc5n(-c5ccc6ccc7cccc8c7c6c5C85C6CC7CC(C6)CC5C7)c4ccc32)cc1. The molecule has 5 aliphatic carbocycles. The molecular formula is C48H36N2. The first kappa shape index (κ1) is 26.5. The number of benzene rings is 7. The molecule has 0 radical (unpaired) electrons. The highest BCUT2D eigenvalue weighted by Gasteiger charge is 2.61. The Hall–Kier alpha value is -5.34. The van der Waals surface area contributed by atoms with Crippen molar-refractivity contribution < 1.29 is 0 Å². The summed E-state index contributed by atoms with van der Waals surface area (Å²) in [5.74, 6) is 3.25. The first-order valence-corrected chi connectivity index (χ1v) is 18.8. The molecule has 0 unspecified atom stereocenters. The lowest BCUT2D eigenvalue weighted by molar-refractivity contribution is -0.0396. The lowest BCUT2D eigenvalue weighted by atomic mass is 9.43. The molecule has 0 saturated heterocycles. The van der Waals surface area contributed by atoms with Crippen LogP contribution in [0.3, 0.4) is 0 Å². The van der Waals surface area contributed by atoms with Gasteiger partial charge in [-0.1, -0.05) is 91.0 Å². The molecule has 14 rings (SSSR count). The van der Waals surface area contributed by atoms with E-state index in [-0.39, 0.29) is 5.41 Å². The van der Waals surface area contributed by atoms with Crippen LogP contribution in [0.1, 0.15) is 43.2 Å². The summed E-state index contributed by atoms with van der Waals surface area (Å²) in [5.41, 5.74) is 11.1. The molecule has 1 spiro atoms. The van der Waals surface area contributed by atoms with Crippen LogP contribution in [-0.4, -0.2) is 9.13 Å². The van der Waals surface area contributed by atoms with Gasteiger partial charge in [-0.05, 0) is 131 Å². The van der Waals surface area contributed by atoms with Crippen LogP contribution >= 0.6 is 0 Å². The molecule has 4 fully saturated rings. The summed E-state index contributed by atoms with van der Waals surface area (Å²) in [6, 6.07) is 50.9. The molecule has 2 aromatic heterocycles. The minimum Gasteiger partial charge on any atom is -0.309 e. The lowest BCUT2D eigenvalue weighted by Crippen LogP contribution is -2.55. The Morgan fingerprint density at radius 1 is 0.420 bits per heavy atom. The minimum atomic E-state index is 0.0800. The summed E-state index contributed by atoms with van der Waals surface area (Å²) in [7, 11) is 0. The van der Waals surface area contributed by atoms with E-state index in [1.807, 2.05) is 0 Å². The van der Waals surface area contributed by atoms with Crippen molar-refractivity contribution in [3.8, 4) is 11.4 Å². The standard InChI is InChI=1S/C48H36N2/c1-2-10-34(11-3-1)49-38-15-6-4-12-35(38)45-40(49)21-22-41-46(45)36-13-5-7-16-39(36)50(41)42-20-19-31-18-17-30-9-8-14-37-43(30)44(31)47(42)48(37)32-24-28-23-29(26-32)27-33(48)25-28/h1-22,28-29,32-33H,23-27H2. The summed E-state index contributed by atoms with van der Waals surface area (Å²) in [4.78, 5) is 0. The summed E-state index contributed by atoms with van der Waals surface area (Å²) in [6.45, 7) is 0. The van der Waals surface area contributed by atoms with Gasteiger partial charge in [0.2, 0.25) is 0 Å². The third-order valence-corrected chi connectivity index (χ3v) is 14.0. The van der Waals surface area contributed by atoms with E-state index in [0.29, 0.717) is 11.8 Å². The van der Waals surface area contributed by atoms with Crippen LogP contribution in [0.15, 0.2) is 133 Å². The molecule has 2 heteroatoms. The highest BCUT2D eigenvalue weighted by atomic mass is 15.0. The lowest BCUT2D eigenvalue weighted by Gasteiger charge is -2.61. The Kier molecular flexibility index (Phi) is 4.80. The number of hydrogen-bond acceptors (Lipinski definition) is 0. The van der Waals surface area contributed by atoms with E-state index in [0.717, 1.165) is 11.8 Å². The number of aromatic nitrogens is 2. The van der Waals surface area contributed by atoms with Crippen molar-refractivity contribution in [3.05, 3.63) is 145 Å². The van der Waals surface area contributed by atoms with Gasteiger partial charge in [-0.15, -0.1) is 0 Å². The molecule has 4 saturated carbocycles. The summed E-state index contributed by atoms with van der Waals surface area (Å²) >= 11 is 0. The normalized spacial score (nSPS) is 24.9. The van der Waals surface area contributed by atoms with E-state index in [9.17, 15) is 0 Å². The van der Waals surface area contributed by atoms with Crippen molar-refractivity contribution in [1.82, 2.24) is 9.13 Å². The van der Waals surface area contributed by atoms with Crippen molar-refractivity contribution >= 4 is 65.2 Å². The van der Waals surface area contributed by atoms with E-state index in [4.69, 9.17) is 0 Å². The Labute approximate surface area is 290 Å². The number of para-hydroxylation sites is 3. The zero-order valence-corrected chi connectivity index (χ0v) is 27.9. The van der Waals surface area contributed by atoms with Crippen molar-refractivity contribution in [1.29, 1.82) is 0 Å². The van der Waals surface area contributed by atoms with Crippen LogP contribution in [0.2, 0.25) is 0 Å². The van der Waals surface area contributed by atoms with Gasteiger partial charge in [-0.25, -0.2) is 0 Å². The predicted octanol–water partition coefficient (Wildman–Crippen LogP) is 12.2. The molecule has 0 amide bonds. The van der Waals surface area contributed by atoms with Crippen LogP contribution in [-0.2, 0) is 5.41 Å². The maximum atomic E-state index is 2.69. The van der Waals surface area contributed by atoms with Gasteiger partial charge in [0.15, 0.2) is 0 Å². The quantitative estimate of drug-likeness (QED) is 0.166. The molecular weight excluding hydrogens is 605 g/mol. The second-order valence-electron chi connectivity index (χ2n) is 16.1. The first-order chi connectivity index (χ1) is 24.8. The molecule has 9 aromatic rings. The van der Waals surface area contributed by atoms with Gasteiger partial charge in [-0.2, -0.15) is 0 Å². The molecule has 0 aliphatic heterocycles. The monoisotopic (exact) mass is 640 g/mol. The molecule has 2 nitrogen and oxygen atoms in total. The second kappa shape index (κ2) is 9.06. The molecule has 238 valence electrons.